The van der Waals surface area contributed by atoms with E-state index in [0.29, 0.717) is 16.6 Å². The Kier molecular flexibility index (Phi) is 4.59. The maximum Gasteiger partial charge on any atom is 0.168 e. The predicted octanol–water partition coefficient (Wildman–Crippen LogP) is 4.07. The number of benzene rings is 1. The summed E-state index contributed by atoms with van der Waals surface area (Å²) < 4.78 is 2.71. The maximum atomic E-state index is 5.77. The molecule has 0 amide bonds. The second kappa shape index (κ2) is 7.19. The van der Waals surface area contributed by atoms with Gasteiger partial charge < -0.3 is 0 Å². The highest BCUT2D eigenvalue weighted by Gasteiger charge is 2.10. The Hall–Kier alpha value is -2.84. The standard InChI is InChI=1S/C17H11BrClN7/c18-12-2-1-3-13(6-12)26-17-14(9-24-26)16(21-10-22-17)25-23-8-11-4-5-15(19)20-7-11/h1-10H,(H,21,22,25)/b23-8+. The lowest BCUT2D eigenvalue weighted by Gasteiger charge is -2.04. The van der Waals surface area contributed by atoms with Crippen molar-refractivity contribution in [3.63, 3.8) is 0 Å². The van der Waals surface area contributed by atoms with Gasteiger partial charge in [0, 0.05) is 16.2 Å². The van der Waals surface area contributed by atoms with E-state index >= 15 is 0 Å². The number of hydrazone groups is 1. The van der Waals surface area contributed by atoms with Crippen molar-refractivity contribution in [3.05, 3.63) is 70.3 Å². The lowest BCUT2D eigenvalue weighted by atomic mass is 10.3. The van der Waals surface area contributed by atoms with Crippen LogP contribution < -0.4 is 5.43 Å². The molecule has 26 heavy (non-hydrogen) atoms. The molecule has 0 spiro atoms. The molecule has 1 N–H and O–H groups in total. The van der Waals surface area contributed by atoms with Gasteiger partial charge in [0.2, 0.25) is 0 Å². The fourth-order valence-corrected chi connectivity index (χ4v) is 2.86. The molecule has 128 valence electrons. The van der Waals surface area contributed by atoms with Crippen molar-refractivity contribution in [2.45, 2.75) is 0 Å². The van der Waals surface area contributed by atoms with Crippen LogP contribution >= 0.6 is 27.5 Å². The third-order valence-corrected chi connectivity index (χ3v) is 4.27. The number of pyridine rings is 1. The van der Waals surface area contributed by atoms with Gasteiger partial charge in [0.25, 0.3) is 0 Å². The lowest BCUT2D eigenvalue weighted by molar-refractivity contribution is 0.894. The fraction of sp³-hybridized carbons (Fsp3) is 0. The van der Waals surface area contributed by atoms with Crippen LogP contribution in [0.5, 0.6) is 0 Å². The van der Waals surface area contributed by atoms with Gasteiger partial charge in [-0.05, 0) is 30.3 Å². The molecular weight excluding hydrogens is 418 g/mol. The topological polar surface area (TPSA) is 80.9 Å². The Morgan fingerprint density at radius 2 is 2.04 bits per heavy atom. The van der Waals surface area contributed by atoms with E-state index in [1.165, 1.54) is 6.33 Å². The number of halogens is 2. The monoisotopic (exact) mass is 427 g/mol. The van der Waals surface area contributed by atoms with Gasteiger partial charge in [-0.2, -0.15) is 10.2 Å². The van der Waals surface area contributed by atoms with Gasteiger partial charge in [-0.15, -0.1) is 0 Å². The van der Waals surface area contributed by atoms with Crippen LogP contribution in [0.3, 0.4) is 0 Å². The van der Waals surface area contributed by atoms with E-state index in [1.54, 1.807) is 29.4 Å². The van der Waals surface area contributed by atoms with Crippen LogP contribution in [0.15, 0.2) is 64.7 Å². The van der Waals surface area contributed by atoms with Crippen molar-refractivity contribution in [1.29, 1.82) is 0 Å². The van der Waals surface area contributed by atoms with Crippen molar-refractivity contribution in [3.8, 4) is 5.69 Å². The number of rotatable bonds is 4. The Bertz CT molecular complexity index is 1090. The van der Waals surface area contributed by atoms with E-state index < -0.39 is 0 Å². The number of aromatic nitrogens is 5. The van der Waals surface area contributed by atoms with E-state index in [0.717, 1.165) is 21.1 Å². The summed E-state index contributed by atoms with van der Waals surface area (Å²) in [5.74, 6) is 0.564. The molecule has 4 aromatic rings. The largest absolute Gasteiger partial charge is 0.261 e. The molecule has 4 rings (SSSR count). The molecule has 0 aliphatic carbocycles. The summed E-state index contributed by atoms with van der Waals surface area (Å²) in [6, 6.07) is 11.3. The molecule has 9 heteroatoms. The third kappa shape index (κ3) is 3.42. The van der Waals surface area contributed by atoms with Crippen molar-refractivity contribution in [1.82, 2.24) is 24.7 Å². The van der Waals surface area contributed by atoms with E-state index in [-0.39, 0.29) is 0 Å². The predicted molar refractivity (Wildman–Crippen MR) is 105 cm³/mol. The van der Waals surface area contributed by atoms with Crippen LogP contribution in [0.2, 0.25) is 5.15 Å². The van der Waals surface area contributed by atoms with Crippen molar-refractivity contribution in [2.24, 2.45) is 5.10 Å². The first-order chi connectivity index (χ1) is 12.7. The number of nitrogens with zero attached hydrogens (tertiary/aromatic N) is 6. The van der Waals surface area contributed by atoms with Crippen molar-refractivity contribution in [2.75, 3.05) is 5.43 Å². The zero-order valence-corrected chi connectivity index (χ0v) is 15.6. The molecule has 0 bridgehead atoms. The van der Waals surface area contributed by atoms with E-state index in [4.69, 9.17) is 11.6 Å². The molecule has 0 radical (unpaired) electrons. The molecular formula is C17H11BrClN7. The Morgan fingerprint density at radius 1 is 1.12 bits per heavy atom. The van der Waals surface area contributed by atoms with Crippen LogP contribution in [-0.4, -0.2) is 30.9 Å². The summed E-state index contributed by atoms with van der Waals surface area (Å²) in [4.78, 5) is 12.6. The first kappa shape index (κ1) is 16.6. The summed E-state index contributed by atoms with van der Waals surface area (Å²) in [5.41, 5.74) is 5.32. The highest BCUT2D eigenvalue weighted by molar-refractivity contribution is 9.10. The van der Waals surface area contributed by atoms with Crippen LogP contribution in [-0.2, 0) is 0 Å². The summed E-state index contributed by atoms with van der Waals surface area (Å²) in [6.45, 7) is 0. The van der Waals surface area contributed by atoms with E-state index in [2.05, 4.69) is 46.5 Å². The number of anilines is 1. The molecule has 0 saturated carbocycles. The SMILES string of the molecule is Clc1ccc(/C=N/Nc2ncnc3c2cnn3-c2cccc(Br)c2)cn1. The van der Waals surface area contributed by atoms with Crippen LogP contribution in [0.1, 0.15) is 5.56 Å². The molecule has 1 aromatic carbocycles. The van der Waals surface area contributed by atoms with Gasteiger partial charge >= 0.3 is 0 Å². The fourth-order valence-electron chi connectivity index (χ4n) is 2.36. The smallest absolute Gasteiger partial charge is 0.168 e. The first-order valence-electron chi connectivity index (χ1n) is 7.56. The van der Waals surface area contributed by atoms with Gasteiger partial charge in [-0.3, -0.25) is 5.43 Å². The molecule has 0 aliphatic rings. The lowest BCUT2D eigenvalue weighted by Crippen LogP contribution is -1.99. The zero-order chi connectivity index (χ0) is 17.9. The van der Waals surface area contributed by atoms with Gasteiger partial charge in [0.15, 0.2) is 11.5 Å². The molecule has 0 unspecified atom stereocenters. The minimum Gasteiger partial charge on any atom is -0.261 e. The third-order valence-electron chi connectivity index (χ3n) is 3.55. The molecule has 3 aromatic heterocycles. The second-order valence-electron chi connectivity index (χ2n) is 5.28. The number of hydrogen-bond donors (Lipinski definition) is 1. The summed E-state index contributed by atoms with van der Waals surface area (Å²) in [6.07, 6.45) is 6.45. The summed E-state index contributed by atoms with van der Waals surface area (Å²) in [7, 11) is 0. The second-order valence-corrected chi connectivity index (χ2v) is 6.58. The average Bonchev–Trinajstić information content (AvgIpc) is 3.08. The Balaban J connectivity index is 1.63. The van der Waals surface area contributed by atoms with E-state index in [1.807, 2.05) is 30.3 Å². The minimum atomic E-state index is 0.438. The Morgan fingerprint density at radius 3 is 2.85 bits per heavy atom. The number of hydrogen-bond acceptors (Lipinski definition) is 6. The van der Waals surface area contributed by atoms with Gasteiger partial charge in [-0.1, -0.05) is 33.6 Å². The quantitative estimate of drug-likeness (QED) is 0.301. The number of fused-ring (bicyclic) bond motifs is 1. The molecule has 7 nitrogen and oxygen atoms in total. The highest BCUT2D eigenvalue weighted by atomic mass is 79.9. The molecule has 0 atom stereocenters. The van der Waals surface area contributed by atoms with Gasteiger partial charge in [0.05, 0.1) is 23.5 Å². The van der Waals surface area contributed by atoms with E-state index in [9.17, 15) is 0 Å². The zero-order valence-electron chi connectivity index (χ0n) is 13.2. The number of nitrogens with one attached hydrogen (secondary N) is 1. The highest BCUT2D eigenvalue weighted by Crippen LogP contribution is 2.23. The van der Waals surface area contributed by atoms with Crippen LogP contribution in [0.4, 0.5) is 5.82 Å². The van der Waals surface area contributed by atoms with Crippen LogP contribution in [0.25, 0.3) is 16.7 Å². The molecule has 3 heterocycles. The molecule has 0 saturated heterocycles. The van der Waals surface area contributed by atoms with Gasteiger partial charge in [0.1, 0.15) is 11.5 Å². The molecule has 0 fully saturated rings. The first-order valence-corrected chi connectivity index (χ1v) is 8.73. The van der Waals surface area contributed by atoms with Crippen LogP contribution in [0, 0.1) is 0 Å². The molecule has 0 aliphatic heterocycles. The Labute approximate surface area is 161 Å². The maximum absolute atomic E-state index is 5.77. The minimum absolute atomic E-state index is 0.438. The summed E-state index contributed by atoms with van der Waals surface area (Å²) in [5, 5.41) is 9.82. The van der Waals surface area contributed by atoms with Crippen molar-refractivity contribution < 1.29 is 0 Å². The average molecular weight is 429 g/mol. The normalized spacial score (nSPS) is 11.3. The summed E-state index contributed by atoms with van der Waals surface area (Å²) >= 11 is 9.24. The van der Waals surface area contributed by atoms with Crippen molar-refractivity contribution >= 4 is 50.6 Å². The van der Waals surface area contributed by atoms with Gasteiger partial charge in [-0.25, -0.2) is 19.6 Å².